The molecule has 0 saturated carbocycles. The normalized spacial score (nSPS) is 17.5. The lowest BCUT2D eigenvalue weighted by molar-refractivity contribution is 0.295. The molecule has 26 heavy (non-hydrogen) atoms. The standard InChI is InChI=1S/C21H25ClN4/c1-3-25-14-19(26-11-9-23-10-12-26)20(16-5-4-6-17(22)13-16)18-8-7-15(2)24-21(18)25/h4-8,13,23H,3,9-12,14H2,1-2H3. The van der Waals surface area contributed by atoms with E-state index in [1.165, 1.54) is 22.4 Å². The first-order chi connectivity index (χ1) is 12.7. The highest BCUT2D eigenvalue weighted by Crippen LogP contribution is 2.39. The Bertz CT molecular complexity index is 840. The molecule has 1 N–H and O–H groups in total. The number of hydrogen-bond acceptors (Lipinski definition) is 4. The number of nitrogens with one attached hydrogen (secondary N) is 1. The molecular weight excluding hydrogens is 344 g/mol. The number of likely N-dealkylation sites (N-methyl/N-ethyl adjacent to an activating group) is 1. The van der Waals surface area contributed by atoms with E-state index in [0.29, 0.717) is 0 Å². The predicted octanol–water partition coefficient (Wildman–Crippen LogP) is 3.55. The summed E-state index contributed by atoms with van der Waals surface area (Å²) in [5, 5.41) is 4.23. The van der Waals surface area contributed by atoms with Gasteiger partial charge in [-0.05, 0) is 43.7 Å². The molecule has 0 bridgehead atoms. The molecule has 5 heteroatoms. The van der Waals surface area contributed by atoms with Crippen molar-refractivity contribution in [3.8, 4) is 0 Å². The third-order valence-electron chi connectivity index (χ3n) is 5.21. The number of hydrogen-bond donors (Lipinski definition) is 1. The monoisotopic (exact) mass is 368 g/mol. The van der Waals surface area contributed by atoms with Gasteiger partial charge in [-0.1, -0.05) is 23.7 Å². The van der Waals surface area contributed by atoms with Crippen LogP contribution in [0.4, 0.5) is 5.82 Å². The van der Waals surface area contributed by atoms with Gasteiger partial charge in [0.1, 0.15) is 5.82 Å². The lowest BCUT2D eigenvalue weighted by Crippen LogP contribution is -2.46. The first kappa shape index (κ1) is 17.4. The van der Waals surface area contributed by atoms with Gasteiger partial charge in [-0.3, -0.25) is 0 Å². The number of benzene rings is 1. The van der Waals surface area contributed by atoms with E-state index < -0.39 is 0 Å². The molecule has 0 radical (unpaired) electrons. The van der Waals surface area contributed by atoms with Crippen molar-refractivity contribution in [2.45, 2.75) is 13.8 Å². The van der Waals surface area contributed by atoms with Gasteiger partial charge in [-0.2, -0.15) is 0 Å². The van der Waals surface area contributed by atoms with E-state index >= 15 is 0 Å². The lowest BCUT2D eigenvalue weighted by atomic mass is 9.92. The first-order valence-corrected chi connectivity index (χ1v) is 9.73. The molecule has 0 unspecified atom stereocenters. The van der Waals surface area contributed by atoms with Crippen LogP contribution in [0.3, 0.4) is 0 Å². The summed E-state index contributed by atoms with van der Waals surface area (Å²) in [7, 11) is 0. The van der Waals surface area contributed by atoms with Crippen molar-refractivity contribution in [3.63, 3.8) is 0 Å². The van der Waals surface area contributed by atoms with Gasteiger partial charge < -0.3 is 15.1 Å². The molecule has 4 nitrogen and oxygen atoms in total. The zero-order chi connectivity index (χ0) is 18.1. The van der Waals surface area contributed by atoms with Gasteiger partial charge in [0.05, 0.1) is 6.54 Å². The lowest BCUT2D eigenvalue weighted by Gasteiger charge is -2.40. The molecule has 0 amide bonds. The van der Waals surface area contributed by atoms with Crippen molar-refractivity contribution >= 4 is 23.0 Å². The summed E-state index contributed by atoms with van der Waals surface area (Å²) in [5.41, 5.74) is 6.10. The number of nitrogens with zero attached hydrogens (tertiary/aromatic N) is 3. The van der Waals surface area contributed by atoms with Crippen LogP contribution in [0.5, 0.6) is 0 Å². The van der Waals surface area contributed by atoms with Crippen LogP contribution in [-0.4, -0.2) is 49.2 Å². The van der Waals surface area contributed by atoms with E-state index in [1.54, 1.807) is 0 Å². The summed E-state index contributed by atoms with van der Waals surface area (Å²) < 4.78 is 0. The van der Waals surface area contributed by atoms with E-state index in [0.717, 1.165) is 55.8 Å². The van der Waals surface area contributed by atoms with Crippen LogP contribution >= 0.6 is 11.6 Å². The van der Waals surface area contributed by atoms with Crippen LogP contribution in [0.1, 0.15) is 23.7 Å². The zero-order valence-corrected chi connectivity index (χ0v) is 16.2. The maximum Gasteiger partial charge on any atom is 0.137 e. The minimum atomic E-state index is 0.772. The van der Waals surface area contributed by atoms with Crippen molar-refractivity contribution in [3.05, 3.63) is 63.9 Å². The van der Waals surface area contributed by atoms with Gasteiger partial charge >= 0.3 is 0 Å². The molecule has 0 spiro atoms. The number of fused-ring (bicyclic) bond motifs is 1. The van der Waals surface area contributed by atoms with E-state index in [4.69, 9.17) is 16.6 Å². The predicted molar refractivity (Wildman–Crippen MR) is 109 cm³/mol. The van der Waals surface area contributed by atoms with Crippen LogP contribution in [-0.2, 0) is 0 Å². The summed E-state index contributed by atoms with van der Waals surface area (Å²) in [6.45, 7) is 10.2. The minimum absolute atomic E-state index is 0.772. The van der Waals surface area contributed by atoms with Crippen LogP contribution < -0.4 is 10.2 Å². The van der Waals surface area contributed by atoms with Gasteiger partial charge in [-0.25, -0.2) is 4.98 Å². The number of halogens is 1. The second-order valence-corrected chi connectivity index (χ2v) is 7.34. The molecule has 3 heterocycles. The highest BCUT2D eigenvalue weighted by molar-refractivity contribution is 6.30. The fraction of sp³-hybridized carbons (Fsp3) is 0.381. The van der Waals surface area contributed by atoms with Crippen molar-refractivity contribution in [2.75, 3.05) is 44.2 Å². The average Bonchev–Trinajstić information content (AvgIpc) is 2.67. The molecular formula is C21H25ClN4. The maximum atomic E-state index is 6.33. The molecule has 1 aromatic carbocycles. The Morgan fingerprint density at radius 2 is 1.96 bits per heavy atom. The number of rotatable bonds is 3. The number of anilines is 1. The minimum Gasteiger partial charge on any atom is -0.370 e. The molecule has 2 aromatic rings. The third-order valence-corrected chi connectivity index (χ3v) is 5.44. The molecule has 136 valence electrons. The Balaban J connectivity index is 1.93. The molecule has 2 aliphatic rings. The van der Waals surface area contributed by atoms with Crippen molar-refractivity contribution in [1.82, 2.24) is 15.2 Å². The van der Waals surface area contributed by atoms with Crippen LogP contribution in [0.15, 0.2) is 42.1 Å². The zero-order valence-electron chi connectivity index (χ0n) is 15.4. The Labute approximate surface area is 160 Å². The smallest absolute Gasteiger partial charge is 0.137 e. The fourth-order valence-electron chi connectivity index (χ4n) is 3.89. The second kappa shape index (κ2) is 7.29. The maximum absolute atomic E-state index is 6.33. The van der Waals surface area contributed by atoms with Gasteiger partial charge in [0.15, 0.2) is 0 Å². The van der Waals surface area contributed by atoms with Crippen LogP contribution in [0.25, 0.3) is 5.57 Å². The largest absolute Gasteiger partial charge is 0.370 e. The van der Waals surface area contributed by atoms with E-state index in [2.05, 4.69) is 53.2 Å². The van der Waals surface area contributed by atoms with Gasteiger partial charge in [0.2, 0.25) is 0 Å². The van der Waals surface area contributed by atoms with Crippen molar-refractivity contribution < 1.29 is 0 Å². The molecule has 1 fully saturated rings. The molecule has 1 aromatic heterocycles. The summed E-state index contributed by atoms with van der Waals surface area (Å²) in [4.78, 5) is 9.78. The number of aromatic nitrogens is 1. The van der Waals surface area contributed by atoms with E-state index in [9.17, 15) is 0 Å². The van der Waals surface area contributed by atoms with Crippen molar-refractivity contribution in [2.24, 2.45) is 0 Å². The van der Waals surface area contributed by atoms with Gasteiger partial charge in [0.25, 0.3) is 0 Å². The summed E-state index contributed by atoms with van der Waals surface area (Å²) in [6, 6.07) is 12.5. The fourth-order valence-corrected chi connectivity index (χ4v) is 4.08. The molecule has 1 saturated heterocycles. The topological polar surface area (TPSA) is 31.4 Å². The summed E-state index contributed by atoms with van der Waals surface area (Å²) >= 11 is 6.33. The van der Waals surface area contributed by atoms with Gasteiger partial charge in [-0.15, -0.1) is 0 Å². The SMILES string of the molecule is CCN1CC(N2CCNCC2)=C(c2cccc(Cl)c2)c2ccc(C)nc21. The third kappa shape index (κ3) is 3.19. The van der Waals surface area contributed by atoms with E-state index in [1.807, 2.05) is 12.1 Å². The van der Waals surface area contributed by atoms with E-state index in [-0.39, 0.29) is 0 Å². The summed E-state index contributed by atoms with van der Waals surface area (Å²) in [6.07, 6.45) is 0. The van der Waals surface area contributed by atoms with Crippen molar-refractivity contribution in [1.29, 1.82) is 0 Å². The number of aryl methyl sites for hydroxylation is 1. The first-order valence-electron chi connectivity index (χ1n) is 9.35. The molecule has 0 atom stereocenters. The van der Waals surface area contributed by atoms with Gasteiger partial charge in [0, 0.05) is 60.3 Å². The number of piperazine rings is 1. The Morgan fingerprint density at radius 3 is 2.69 bits per heavy atom. The highest BCUT2D eigenvalue weighted by atomic mass is 35.5. The Hall–Kier alpha value is -2.04. The van der Waals surface area contributed by atoms with Crippen LogP contribution in [0.2, 0.25) is 5.02 Å². The number of pyridine rings is 1. The summed E-state index contributed by atoms with van der Waals surface area (Å²) in [5.74, 6) is 1.08. The Morgan fingerprint density at radius 1 is 1.15 bits per heavy atom. The molecule has 0 aliphatic carbocycles. The molecule has 4 rings (SSSR count). The average molecular weight is 369 g/mol. The quantitative estimate of drug-likeness (QED) is 0.897. The molecule has 2 aliphatic heterocycles. The Kier molecular flexibility index (Phi) is 4.88. The highest BCUT2D eigenvalue weighted by Gasteiger charge is 2.29. The second-order valence-electron chi connectivity index (χ2n) is 6.91. The van der Waals surface area contributed by atoms with Crippen LogP contribution in [0, 0.1) is 6.92 Å².